The predicted molar refractivity (Wildman–Crippen MR) is 87.8 cm³/mol. The highest BCUT2D eigenvalue weighted by atomic mass is 35.5. The van der Waals surface area contributed by atoms with Crippen molar-refractivity contribution < 1.29 is 9.18 Å². The van der Waals surface area contributed by atoms with Gasteiger partial charge in [-0.2, -0.15) is 0 Å². The molecule has 22 heavy (non-hydrogen) atoms. The molecule has 1 amide bonds. The van der Waals surface area contributed by atoms with Gasteiger partial charge in [0.1, 0.15) is 11.6 Å². The van der Waals surface area contributed by atoms with E-state index in [1.807, 2.05) is 0 Å². The van der Waals surface area contributed by atoms with Crippen LogP contribution in [0.1, 0.15) is 23.2 Å². The van der Waals surface area contributed by atoms with Gasteiger partial charge < -0.3 is 10.0 Å². The van der Waals surface area contributed by atoms with Gasteiger partial charge in [-0.15, -0.1) is 0 Å². The molecule has 0 bridgehead atoms. The summed E-state index contributed by atoms with van der Waals surface area (Å²) < 4.78 is 16.2. The number of nitrogens with zero attached hydrogens (tertiary/aromatic N) is 1. The van der Waals surface area contributed by atoms with Crippen LogP contribution >= 0.6 is 23.5 Å². The molecule has 1 aromatic heterocycles. The monoisotopic (exact) mass is 337 g/mol. The number of amides is 1. The molecule has 1 heterocycles. The normalized spacial score (nSPS) is 13.7. The molecule has 1 aliphatic rings. The molecule has 0 atom stereocenters. The van der Waals surface area contributed by atoms with E-state index in [2.05, 4.69) is 15.0 Å². The van der Waals surface area contributed by atoms with Crippen LogP contribution in [0, 0.1) is 5.82 Å². The van der Waals surface area contributed by atoms with Gasteiger partial charge in [0.2, 0.25) is 0 Å². The Morgan fingerprint density at radius 1 is 1.32 bits per heavy atom. The van der Waals surface area contributed by atoms with E-state index < -0.39 is 5.82 Å². The third-order valence-corrected chi connectivity index (χ3v) is 4.48. The maximum Gasteiger partial charge on any atom is 0.255 e. The molecule has 0 saturated heterocycles. The van der Waals surface area contributed by atoms with E-state index in [9.17, 15) is 9.18 Å². The Morgan fingerprint density at radius 2 is 2.14 bits per heavy atom. The summed E-state index contributed by atoms with van der Waals surface area (Å²) in [6.45, 7) is 0. The summed E-state index contributed by atoms with van der Waals surface area (Å²) in [5.41, 5.74) is 0.907. The van der Waals surface area contributed by atoms with Gasteiger partial charge in [-0.05, 0) is 55.1 Å². The van der Waals surface area contributed by atoms with Crippen LogP contribution in [-0.4, -0.2) is 16.1 Å². The van der Waals surface area contributed by atoms with Gasteiger partial charge in [0.05, 0.1) is 5.02 Å². The summed E-state index contributed by atoms with van der Waals surface area (Å²) in [5, 5.41) is 3.29. The fourth-order valence-electron chi connectivity index (χ4n) is 1.73. The summed E-state index contributed by atoms with van der Waals surface area (Å²) in [5.74, 6) is -0.182. The molecule has 3 rings (SSSR count). The smallest absolute Gasteiger partial charge is 0.255 e. The third kappa shape index (κ3) is 3.90. The second-order valence-electron chi connectivity index (χ2n) is 4.93. The number of carbonyl (C=O) groups is 1. The molecule has 114 valence electrons. The van der Waals surface area contributed by atoms with Gasteiger partial charge in [-0.3, -0.25) is 4.79 Å². The standard InChI is InChI=1S/C15H13ClFN3OS/c16-12-8-10(1-4-13(12)17)19-15(21)9-5-6-18-14(7-9)20-22-11-2-3-11/h1,4-8,11H,2-3H2,(H,18,20)(H,19,21). The Labute approximate surface area is 136 Å². The highest BCUT2D eigenvalue weighted by molar-refractivity contribution is 8.01. The van der Waals surface area contributed by atoms with E-state index in [1.54, 1.807) is 30.3 Å². The minimum Gasteiger partial charge on any atom is -0.322 e. The van der Waals surface area contributed by atoms with Crippen LogP contribution in [0.2, 0.25) is 5.02 Å². The second kappa shape index (κ2) is 6.54. The Morgan fingerprint density at radius 3 is 2.86 bits per heavy atom. The fourth-order valence-corrected chi connectivity index (χ4v) is 2.69. The molecular formula is C15H13ClFN3OS. The van der Waals surface area contributed by atoms with Crippen LogP contribution in [0.3, 0.4) is 0 Å². The predicted octanol–water partition coefficient (Wildman–Crippen LogP) is 4.35. The van der Waals surface area contributed by atoms with Gasteiger partial charge in [0.15, 0.2) is 0 Å². The summed E-state index contributed by atoms with van der Waals surface area (Å²) in [4.78, 5) is 16.4. The van der Waals surface area contributed by atoms with Crippen molar-refractivity contribution in [3.63, 3.8) is 0 Å². The average molecular weight is 338 g/mol. The third-order valence-electron chi connectivity index (χ3n) is 3.05. The lowest BCUT2D eigenvalue weighted by Gasteiger charge is -2.08. The Balaban J connectivity index is 1.67. The van der Waals surface area contributed by atoms with Crippen LogP contribution in [0.15, 0.2) is 36.5 Å². The van der Waals surface area contributed by atoms with Crippen molar-refractivity contribution in [2.24, 2.45) is 0 Å². The van der Waals surface area contributed by atoms with Crippen LogP contribution in [0.4, 0.5) is 15.9 Å². The van der Waals surface area contributed by atoms with E-state index in [0.717, 1.165) is 0 Å². The lowest BCUT2D eigenvalue weighted by Crippen LogP contribution is -2.12. The molecule has 7 heteroatoms. The average Bonchev–Trinajstić information content (AvgIpc) is 3.33. The summed E-state index contributed by atoms with van der Waals surface area (Å²) in [6.07, 6.45) is 3.99. The topological polar surface area (TPSA) is 54.0 Å². The molecule has 1 aliphatic carbocycles. The van der Waals surface area contributed by atoms with Crippen LogP contribution in [0.25, 0.3) is 0 Å². The Bertz CT molecular complexity index is 709. The fraction of sp³-hybridized carbons (Fsp3) is 0.200. The molecule has 0 unspecified atom stereocenters. The van der Waals surface area contributed by atoms with Gasteiger partial charge in [0, 0.05) is 22.7 Å². The number of carbonyl (C=O) groups excluding carboxylic acids is 1. The van der Waals surface area contributed by atoms with E-state index in [0.29, 0.717) is 22.3 Å². The first-order chi connectivity index (χ1) is 10.6. The number of pyridine rings is 1. The molecule has 1 aromatic carbocycles. The summed E-state index contributed by atoms with van der Waals surface area (Å²) in [7, 11) is 0. The number of halogens is 2. The molecule has 1 fully saturated rings. The van der Waals surface area contributed by atoms with Crippen molar-refractivity contribution in [2.45, 2.75) is 18.1 Å². The SMILES string of the molecule is O=C(Nc1ccc(F)c(Cl)c1)c1ccnc(NSC2CC2)c1. The van der Waals surface area contributed by atoms with Crippen molar-refractivity contribution >= 4 is 41.0 Å². The van der Waals surface area contributed by atoms with Crippen molar-refractivity contribution in [3.05, 3.63) is 52.9 Å². The first kappa shape index (κ1) is 15.1. The maximum atomic E-state index is 13.1. The summed E-state index contributed by atoms with van der Waals surface area (Å²) in [6, 6.07) is 7.34. The van der Waals surface area contributed by atoms with Gasteiger partial charge >= 0.3 is 0 Å². The molecule has 0 radical (unpaired) electrons. The van der Waals surface area contributed by atoms with E-state index in [4.69, 9.17) is 11.6 Å². The van der Waals surface area contributed by atoms with Gasteiger partial charge in [-0.25, -0.2) is 9.37 Å². The van der Waals surface area contributed by atoms with Gasteiger partial charge in [0.25, 0.3) is 5.91 Å². The minimum atomic E-state index is -0.521. The number of rotatable bonds is 5. The Hall–Kier alpha value is -1.79. The van der Waals surface area contributed by atoms with Crippen molar-refractivity contribution in [1.29, 1.82) is 0 Å². The number of aromatic nitrogens is 1. The second-order valence-corrected chi connectivity index (χ2v) is 6.45. The lowest BCUT2D eigenvalue weighted by molar-refractivity contribution is 0.102. The maximum absolute atomic E-state index is 13.1. The zero-order chi connectivity index (χ0) is 15.5. The zero-order valence-electron chi connectivity index (χ0n) is 11.5. The van der Waals surface area contributed by atoms with Crippen molar-refractivity contribution in [3.8, 4) is 0 Å². The molecule has 4 nitrogen and oxygen atoms in total. The Kier molecular flexibility index (Phi) is 4.49. The molecular weight excluding hydrogens is 325 g/mol. The number of hydrogen-bond donors (Lipinski definition) is 2. The van der Waals surface area contributed by atoms with Crippen LogP contribution in [-0.2, 0) is 0 Å². The summed E-state index contributed by atoms with van der Waals surface area (Å²) >= 11 is 7.32. The minimum absolute atomic E-state index is 0.0317. The lowest BCUT2D eigenvalue weighted by atomic mass is 10.2. The van der Waals surface area contributed by atoms with Crippen molar-refractivity contribution in [1.82, 2.24) is 4.98 Å². The number of nitrogens with one attached hydrogen (secondary N) is 2. The number of hydrogen-bond acceptors (Lipinski definition) is 4. The first-order valence-corrected chi connectivity index (χ1v) is 8.02. The van der Waals surface area contributed by atoms with Crippen LogP contribution < -0.4 is 10.0 Å². The van der Waals surface area contributed by atoms with Crippen LogP contribution in [0.5, 0.6) is 0 Å². The highest BCUT2D eigenvalue weighted by Gasteiger charge is 2.22. The van der Waals surface area contributed by atoms with E-state index >= 15 is 0 Å². The van der Waals surface area contributed by atoms with E-state index in [-0.39, 0.29) is 10.9 Å². The number of anilines is 2. The number of benzene rings is 1. The van der Waals surface area contributed by atoms with E-state index in [1.165, 1.54) is 31.0 Å². The van der Waals surface area contributed by atoms with Gasteiger partial charge in [-0.1, -0.05) is 11.6 Å². The largest absolute Gasteiger partial charge is 0.322 e. The molecule has 1 saturated carbocycles. The van der Waals surface area contributed by atoms with Crippen molar-refractivity contribution in [2.75, 3.05) is 10.0 Å². The quantitative estimate of drug-likeness (QED) is 0.796. The molecule has 2 aromatic rings. The molecule has 0 aliphatic heterocycles. The first-order valence-electron chi connectivity index (χ1n) is 6.76. The molecule has 2 N–H and O–H groups in total. The molecule has 0 spiro atoms. The zero-order valence-corrected chi connectivity index (χ0v) is 13.0. The highest BCUT2D eigenvalue weighted by Crippen LogP contribution is 2.34.